The van der Waals surface area contributed by atoms with Gasteiger partial charge in [0.15, 0.2) is 12.2 Å². The SMILES string of the molecule is COC(=O)CCC1CNc2cccc(O)c21.O=C(O)C(O)C(O)C(=O)O. The minimum absolute atomic E-state index is 0.190. The van der Waals surface area contributed by atoms with Crippen molar-refractivity contribution in [2.75, 3.05) is 19.0 Å². The standard InChI is InChI=1S/C12H15NO3.C4H6O6/c1-16-11(15)6-5-8-7-13-9-3-2-4-10(14)12(8)9;5-1(3(7)8)2(6)4(9)10/h2-4,8,13-14H,5-7H2,1H3;1-2,5-6H,(H,7,8)(H,9,10). The molecule has 0 radical (unpaired) electrons. The number of aromatic hydroxyl groups is 1. The second-order valence-corrected chi connectivity index (χ2v) is 5.50. The van der Waals surface area contributed by atoms with Crippen LogP contribution in [0.5, 0.6) is 5.75 Å². The van der Waals surface area contributed by atoms with E-state index in [1.807, 2.05) is 12.1 Å². The number of carboxylic acids is 2. The molecule has 6 N–H and O–H groups in total. The number of hydrogen-bond donors (Lipinski definition) is 6. The Bertz CT molecular complexity index is 643. The molecule has 1 aliphatic rings. The Morgan fingerprint density at radius 2 is 1.77 bits per heavy atom. The van der Waals surface area contributed by atoms with Gasteiger partial charge in [-0.2, -0.15) is 0 Å². The van der Waals surface area contributed by atoms with Gasteiger partial charge in [0.2, 0.25) is 0 Å². The van der Waals surface area contributed by atoms with Gasteiger partial charge in [0.25, 0.3) is 0 Å². The molecule has 10 nitrogen and oxygen atoms in total. The fourth-order valence-corrected chi connectivity index (χ4v) is 2.38. The maximum absolute atomic E-state index is 11.1. The lowest BCUT2D eigenvalue weighted by atomic mass is 9.95. The molecule has 1 aromatic carbocycles. The number of methoxy groups -OCH3 is 1. The molecular weight excluding hydrogens is 350 g/mol. The van der Waals surface area contributed by atoms with Crippen LogP contribution in [0.15, 0.2) is 18.2 Å². The maximum Gasteiger partial charge on any atom is 0.335 e. The average molecular weight is 371 g/mol. The third-order valence-corrected chi connectivity index (χ3v) is 3.76. The van der Waals surface area contributed by atoms with Crippen LogP contribution in [0.1, 0.15) is 24.3 Å². The molecule has 0 fully saturated rings. The van der Waals surface area contributed by atoms with Crippen LogP contribution in [0.2, 0.25) is 0 Å². The lowest BCUT2D eigenvalue weighted by Crippen LogP contribution is -2.39. The molecule has 0 aromatic heterocycles. The first-order valence-electron chi connectivity index (χ1n) is 7.63. The van der Waals surface area contributed by atoms with Crippen molar-refractivity contribution in [2.45, 2.75) is 31.0 Å². The van der Waals surface area contributed by atoms with E-state index in [2.05, 4.69) is 10.1 Å². The third kappa shape index (κ3) is 5.60. The molecule has 0 spiro atoms. The zero-order valence-corrected chi connectivity index (χ0v) is 14.0. The number of fused-ring (bicyclic) bond motifs is 1. The van der Waals surface area contributed by atoms with Gasteiger partial charge in [-0.3, -0.25) is 4.79 Å². The number of esters is 1. The quantitative estimate of drug-likeness (QED) is 0.365. The Balaban J connectivity index is 0.000000294. The molecule has 0 bridgehead atoms. The predicted octanol–water partition coefficient (Wildman–Crippen LogP) is -0.268. The van der Waals surface area contributed by atoms with Crippen LogP contribution in [0.3, 0.4) is 0 Å². The Hall–Kier alpha value is -2.85. The summed E-state index contributed by atoms with van der Waals surface area (Å²) >= 11 is 0. The molecule has 3 unspecified atom stereocenters. The third-order valence-electron chi connectivity index (χ3n) is 3.76. The lowest BCUT2D eigenvalue weighted by molar-refractivity contribution is -0.165. The average Bonchev–Trinajstić information content (AvgIpc) is 3.03. The highest BCUT2D eigenvalue weighted by Crippen LogP contribution is 2.40. The van der Waals surface area contributed by atoms with E-state index in [1.165, 1.54) is 7.11 Å². The first-order chi connectivity index (χ1) is 12.2. The van der Waals surface area contributed by atoms with Crippen LogP contribution in [0.25, 0.3) is 0 Å². The first kappa shape index (κ1) is 21.2. The Morgan fingerprint density at radius 1 is 1.19 bits per heavy atom. The first-order valence-corrected chi connectivity index (χ1v) is 7.63. The number of ether oxygens (including phenoxy) is 1. The molecule has 0 amide bonds. The molecule has 144 valence electrons. The molecule has 3 atom stereocenters. The summed E-state index contributed by atoms with van der Waals surface area (Å²) in [6.45, 7) is 0.768. The molecule has 0 saturated heterocycles. The molecule has 1 aliphatic heterocycles. The van der Waals surface area contributed by atoms with E-state index in [0.717, 1.165) is 17.8 Å². The normalized spacial score (nSPS) is 17.0. The number of anilines is 1. The summed E-state index contributed by atoms with van der Waals surface area (Å²) in [6.07, 6.45) is -3.45. The highest BCUT2D eigenvalue weighted by atomic mass is 16.5. The van der Waals surface area contributed by atoms with E-state index < -0.39 is 24.1 Å². The topological polar surface area (TPSA) is 174 Å². The summed E-state index contributed by atoms with van der Waals surface area (Å²) in [6, 6.07) is 5.42. The minimum atomic E-state index is -2.27. The van der Waals surface area contributed by atoms with Crippen molar-refractivity contribution in [2.24, 2.45) is 0 Å². The molecular formula is C16H21NO9. The van der Waals surface area contributed by atoms with E-state index in [9.17, 15) is 19.5 Å². The van der Waals surface area contributed by atoms with Crippen LogP contribution < -0.4 is 5.32 Å². The van der Waals surface area contributed by atoms with Gasteiger partial charge in [-0.25, -0.2) is 9.59 Å². The number of hydrogen-bond acceptors (Lipinski definition) is 8. The summed E-state index contributed by atoms with van der Waals surface area (Å²) in [5, 5.41) is 45.5. The Kier molecular flexibility index (Phi) is 7.81. The highest BCUT2D eigenvalue weighted by molar-refractivity contribution is 5.83. The number of carbonyl (C=O) groups is 3. The maximum atomic E-state index is 11.1. The number of phenols is 1. The number of rotatable bonds is 6. The summed E-state index contributed by atoms with van der Waals surface area (Å²) in [5.74, 6) is -3.25. The van der Waals surface area contributed by atoms with Crippen LogP contribution >= 0.6 is 0 Å². The van der Waals surface area contributed by atoms with Crippen molar-refractivity contribution < 1.29 is 44.7 Å². The van der Waals surface area contributed by atoms with Crippen LogP contribution in [-0.4, -0.2) is 69.3 Å². The van der Waals surface area contributed by atoms with Crippen molar-refractivity contribution in [1.29, 1.82) is 0 Å². The number of aliphatic hydroxyl groups excluding tert-OH is 2. The van der Waals surface area contributed by atoms with E-state index in [1.54, 1.807) is 6.07 Å². The van der Waals surface area contributed by atoms with Crippen molar-refractivity contribution in [3.8, 4) is 5.75 Å². The number of carboxylic acid groups (broad SMARTS) is 2. The number of aliphatic hydroxyl groups is 2. The lowest BCUT2D eigenvalue weighted by Gasteiger charge is -2.10. The number of nitrogens with one attached hydrogen (secondary N) is 1. The minimum Gasteiger partial charge on any atom is -0.508 e. The van der Waals surface area contributed by atoms with Crippen LogP contribution in [0.4, 0.5) is 5.69 Å². The zero-order valence-electron chi connectivity index (χ0n) is 14.0. The Labute approximate surface area is 148 Å². The Morgan fingerprint density at radius 3 is 2.27 bits per heavy atom. The molecule has 1 aromatic rings. The summed E-state index contributed by atoms with van der Waals surface area (Å²) in [5.41, 5.74) is 1.89. The van der Waals surface area contributed by atoms with E-state index in [-0.39, 0.29) is 11.9 Å². The van der Waals surface area contributed by atoms with Gasteiger partial charge in [-0.05, 0) is 18.6 Å². The van der Waals surface area contributed by atoms with E-state index >= 15 is 0 Å². The molecule has 10 heteroatoms. The monoisotopic (exact) mass is 371 g/mol. The van der Waals surface area contributed by atoms with Gasteiger partial charge in [0, 0.05) is 30.1 Å². The van der Waals surface area contributed by atoms with Gasteiger partial charge in [0.05, 0.1) is 7.11 Å². The van der Waals surface area contributed by atoms with Crippen LogP contribution in [-0.2, 0) is 19.1 Å². The second-order valence-electron chi connectivity index (χ2n) is 5.50. The summed E-state index contributed by atoms with van der Waals surface area (Å²) in [4.78, 5) is 30.6. The molecule has 1 heterocycles. The summed E-state index contributed by atoms with van der Waals surface area (Å²) in [7, 11) is 1.39. The fourth-order valence-electron chi connectivity index (χ4n) is 2.38. The van der Waals surface area contributed by atoms with Crippen molar-refractivity contribution in [1.82, 2.24) is 0 Å². The molecule has 0 aliphatic carbocycles. The second kappa shape index (κ2) is 9.59. The van der Waals surface area contributed by atoms with Gasteiger partial charge < -0.3 is 35.6 Å². The molecule has 26 heavy (non-hydrogen) atoms. The number of benzene rings is 1. The van der Waals surface area contributed by atoms with Gasteiger partial charge in [-0.1, -0.05) is 6.07 Å². The zero-order chi connectivity index (χ0) is 19.9. The highest BCUT2D eigenvalue weighted by Gasteiger charge is 2.29. The van der Waals surface area contributed by atoms with Gasteiger partial charge >= 0.3 is 17.9 Å². The van der Waals surface area contributed by atoms with E-state index in [0.29, 0.717) is 18.6 Å². The number of carbonyl (C=O) groups excluding carboxylic acids is 1. The molecule has 2 rings (SSSR count). The summed E-state index contributed by atoms with van der Waals surface area (Å²) < 4.78 is 4.61. The van der Waals surface area contributed by atoms with Crippen LogP contribution in [0, 0.1) is 0 Å². The largest absolute Gasteiger partial charge is 0.508 e. The fraction of sp³-hybridized carbons (Fsp3) is 0.438. The van der Waals surface area contributed by atoms with Crippen molar-refractivity contribution in [3.05, 3.63) is 23.8 Å². The van der Waals surface area contributed by atoms with Gasteiger partial charge in [0.1, 0.15) is 5.75 Å². The van der Waals surface area contributed by atoms with Crippen molar-refractivity contribution >= 4 is 23.6 Å². The smallest absolute Gasteiger partial charge is 0.335 e. The predicted molar refractivity (Wildman–Crippen MR) is 87.9 cm³/mol. The van der Waals surface area contributed by atoms with Gasteiger partial charge in [-0.15, -0.1) is 0 Å². The molecule has 0 saturated carbocycles. The van der Waals surface area contributed by atoms with E-state index in [4.69, 9.17) is 20.4 Å². The number of phenolic OH excluding ortho intramolecular Hbond substituents is 1. The number of aliphatic carboxylic acids is 2. The van der Waals surface area contributed by atoms with Crippen molar-refractivity contribution in [3.63, 3.8) is 0 Å².